The van der Waals surface area contributed by atoms with Crippen LogP contribution in [-0.4, -0.2) is 27.4 Å². The van der Waals surface area contributed by atoms with Crippen molar-refractivity contribution in [2.24, 2.45) is 10.1 Å². The number of fused-ring (bicyclic) bond motifs is 2. The predicted molar refractivity (Wildman–Crippen MR) is 100 cm³/mol. The van der Waals surface area contributed by atoms with E-state index in [1.54, 1.807) is 23.2 Å². The molecule has 1 atom stereocenters. The number of aromatic hydroxyl groups is 1. The first-order valence-electron chi connectivity index (χ1n) is 7.46. The number of amides is 1. The Morgan fingerprint density at radius 1 is 1.28 bits per heavy atom. The maximum absolute atomic E-state index is 12.7. The quantitative estimate of drug-likeness (QED) is 0.740. The highest BCUT2D eigenvalue weighted by Crippen LogP contribution is 2.31. The summed E-state index contributed by atoms with van der Waals surface area (Å²) in [6, 6.07) is 12.4. The third kappa shape index (κ3) is 2.81. The Kier molecular flexibility index (Phi) is 4.01. The molecule has 1 unspecified atom stereocenters. The Balaban J connectivity index is 2.01. The molecule has 2 aromatic carbocycles. The van der Waals surface area contributed by atoms with Crippen LogP contribution in [0.25, 0.3) is 5.70 Å². The Morgan fingerprint density at radius 2 is 2.12 bits per heavy atom. The van der Waals surface area contributed by atoms with Crippen LogP contribution in [0, 0.1) is 0 Å². The van der Waals surface area contributed by atoms with Gasteiger partial charge in [0.15, 0.2) is 11.3 Å². The Bertz CT molecular complexity index is 1040. The van der Waals surface area contributed by atoms with Crippen LogP contribution in [0.15, 0.2) is 57.0 Å². The number of phenols is 1. The van der Waals surface area contributed by atoms with Gasteiger partial charge in [0.2, 0.25) is 0 Å². The van der Waals surface area contributed by atoms with Gasteiger partial charge in [0.05, 0.1) is 5.36 Å². The van der Waals surface area contributed by atoms with Gasteiger partial charge in [0, 0.05) is 15.3 Å². The summed E-state index contributed by atoms with van der Waals surface area (Å²) in [6.07, 6.45) is 1.32. The molecule has 126 valence electrons. The van der Waals surface area contributed by atoms with Crippen LogP contribution < -0.4 is 15.9 Å². The molecule has 0 fully saturated rings. The third-order valence-electron chi connectivity index (χ3n) is 3.93. The van der Waals surface area contributed by atoms with E-state index < -0.39 is 6.17 Å². The summed E-state index contributed by atoms with van der Waals surface area (Å²) in [5.41, 5.74) is 1.20. The van der Waals surface area contributed by atoms with Crippen molar-refractivity contribution in [3.63, 3.8) is 0 Å². The normalized spacial score (nSPS) is 18.7. The van der Waals surface area contributed by atoms with Gasteiger partial charge in [-0.3, -0.25) is 15.1 Å². The molecular formula is C17H13BrN4O2S. The largest absolute Gasteiger partial charge is 0.508 e. The second-order valence-corrected chi connectivity index (χ2v) is 7.23. The van der Waals surface area contributed by atoms with E-state index in [1.807, 2.05) is 30.5 Å². The van der Waals surface area contributed by atoms with Gasteiger partial charge in [0.25, 0.3) is 5.91 Å². The number of nitrogens with zero attached hydrogens (tertiary/aromatic N) is 3. The first-order chi connectivity index (χ1) is 12.1. The third-order valence-corrected chi connectivity index (χ3v) is 5.00. The molecule has 2 N–H and O–H groups in total. The van der Waals surface area contributed by atoms with E-state index in [4.69, 9.17) is 4.99 Å². The lowest BCUT2D eigenvalue weighted by Gasteiger charge is -2.33. The number of benzene rings is 2. The lowest BCUT2D eigenvalue weighted by molar-refractivity contribution is -0.116. The molecule has 0 spiro atoms. The number of rotatable bonds is 1. The maximum atomic E-state index is 12.7. The number of thioether (sulfide) groups is 1. The van der Waals surface area contributed by atoms with Crippen LogP contribution >= 0.6 is 27.7 Å². The summed E-state index contributed by atoms with van der Waals surface area (Å²) in [7, 11) is 0. The first-order valence-corrected chi connectivity index (χ1v) is 9.48. The molecule has 4 rings (SSSR count). The van der Waals surface area contributed by atoms with Gasteiger partial charge in [-0.15, -0.1) is 5.10 Å². The van der Waals surface area contributed by atoms with Crippen molar-refractivity contribution in [2.75, 3.05) is 6.26 Å². The number of carbonyl (C=O) groups excluding carboxylic acids is 1. The van der Waals surface area contributed by atoms with Crippen LogP contribution in [0.5, 0.6) is 5.75 Å². The van der Waals surface area contributed by atoms with Gasteiger partial charge in [-0.2, -0.15) is 0 Å². The lowest BCUT2D eigenvalue weighted by Crippen LogP contribution is -2.50. The zero-order valence-electron chi connectivity index (χ0n) is 13.1. The number of hydrogen-bond acceptors (Lipinski definition) is 6. The zero-order valence-corrected chi connectivity index (χ0v) is 15.5. The number of amidine groups is 1. The lowest BCUT2D eigenvalue weighted by atomic mass is 10.1. The van der Waals surface area contributed by atoms with Gasteiger partial charge in [-0.25, -0.2) is 5.01 Å². The van der Waals surface area contributed by atoms with Crippen LogP contribution in [-0.2, 0) is 4.79 Å². The molecule has 2 aromatic rings. The van der Waals surface area contributed by atoms with E-state index >= 15 is 0 Å². The number of hydrazone groups is 1. The predicted octanol–water partition coefficient (Wildman–Crippen LogP) is 1.66. The first kappa shape index (κ1) is 16.2. The zero-order chi connectivity index (χ0) is 17.6. The maximum Gasteiger partial charge on any atom is 0.276 e. The minimum absolute atomic E-state index is 0.145. The van der Waals surface area contributed by atoms with Gasteiger partial charge < -0.3 is 5.11 Å². The topological polar surface area (TPSA) is 77.3 Å². The molecule has 0 saturated heterocycles. The van der Waals surface area contributed by atoms with E-state index in [9.17, 15) is 9.90 Å². The highest BCUT2D eigenvalue weighted by atomic mass is 79.9. The molecule has 0 aliphatic carbocycles. The molecule has 25 heavy (non-hydrogen) atoms. The number of phenolic OH excluding ortho intramolecular Hbond substituents is 1. The summed E-state index contributed by atoms with van der Waals surface area (Å²) < 4.78 is 0.858. The fourth-order valence-electron chi connectivity index (χ4n) is 2.85. The molecular weight excluding hydrogens is 404 g/mol. The molecule has 2 heterocycles. The van der Waals surface area contributed by atoms with Gasteiger partial charge in [-0.1, -0.05) is 39.8 Å². The summed E-state index contributed by atoms with van der Waals surface area (Å²) in [5.74, 6) is -0.0786. The van der Waals surface area contributed by atoms with Gasteiger partial charge >= 0.3 is 0 Å². The fourth-order valence-corrected chi connectivity index (χ4v) is 3.57. The number of hydrogen-bond donors (Lipinski definition) is 2. The molecule has 8 heteroatoms. The van der Waals surface area contributed by atoms with Gasteiger partial charge in [-0.05, 0) is 36.6 Å². The van der Waals surface area contributed by atoms with Crippen molar-refractivity contribution in [1.29, 1.82) is 0 Å². The average Bonchev–Trinajstić information content (AvgIpc) is 2.60. The number of nitrogens with one attached hydrogen (secondary N) is 1. The molecule has 0 bridgehead atoms. The molecule has 6 nitrogen and oxygen atoms in total. The molecule has 0 saturated carbocycles. The van der Waals surface area contributed by atoms with Crippen LogP contribution in [0.3, 0.4) is 0 Å². The van der Waals surface area contributed by atoms with E-state index in [-0.39, 0.29) is 11.7 Å². The number of carbonyl (C=O) groups is 1. The monoisotopic (exact) mass is 416 g/mol. The Morgan fingerprint density at radius 3 is 2.88 bits per heavy atom. The second-order valence-electron chi connectivity index (χ2n) is 5.52. The van der Waals surface area contributed by atoms with Crippen LogP contribution in [0.4, 0.5) is 0 Å². The SMILES string of the molecule is CSC1=NN2C(=c3cc(Br)ccc3=NC2c2cccc(O)c2)C(=O)N1. The Hall–Kier alpha value is -2.32. The highest BCUT2D eigenvalue weighted by Gasteiger charge is 2.34. The summed E-state index contributed by atoms with van der Waals surface area (Å²) >= 11 is 4.80. The molecule has 0 aromatic heterocycles. The smallest absolute Gasteiger partial charge is 0.276 e. The summed E-state index contributed by atoms with van der Waals surface area (Å²) in [5, 5.41) is 20.7. The van der Waals surface area contributed by atoms with E-state index in [0.717, 1.165) is 10.0 Å². The minimum Gasteiger partial charge on any atom is -0.508 e. The summed E-state index contributed by atoms with van der Waals surface area (Å²) in [6.45, 7) is 0. The van der Waals surface area contributed by atoms with Crippen molar-refractivity contribution < 1.29 is 9.90 Å². The van der Waals surface area contributed by atoms with Crippen molar-refractivity contribution in [3.8, 4) is 5.75 Å². The fraction of sp³-hybridized carbons (Fsp3) is 0.118. The molecule has 1 amide bonds. The van der Waals surface area contributed by atoms with Crippen molar-refractivity contribution in [1.82, 2.24) is 10.3 Å². The average molecular weight is 417 g/mol. The van der Waals surface area contributed by atoms with Crippen LogP contribution in [0.2, 0.25) is 0 Å². The van der Waals surface area contributed by atoms with Crippen molar-refractivity contribution in [2.45, 2.75) is 6.17 Å². The molecule has 0 radical (unpaired) electrons. The van der Waals surface area contributed by atoms with Crippen LogP contribution in [0.1, 0.15) is 11.7 Å². The highest BCUT2D eigenvalue weighted by molar-refractivity contribution is 9.10. The number of halogens is 1. The molecule has 2 aliphatic rings. The van der Waals surface area contributed by atoms with E-state index in [2.05, 4.69) is 26.3 Å². The summed E-state index contributed by atoms with van der Waals surface area (Å²) in [4.78, 5) is 17.5. The van der Waals surface area contributed by atoms with Gasteiger partial charge in [0.1, 0.15) is 11.4 Å². The van der Waals surface area contributed by atoms with E-state index in [1.165, 1.54) is 11.8 Å². The second kappa shape index (κ2) is 6.20. The van der Waals surface area contributed by atoms with Crippen molar-refractivity contribution in [3.05, 3.63) is 63.1 Å². The van der Waals surface area contributed by atoms with Crippen molar-refractivity contribution >= 4 is 44.5 Å². The molecule has 2 aliphatic heterocycles. The van der Waals surface area contributed by atoms with E-state index in [0.29, 0.717) is 21.4 Å². The minimum atomic E-state index is -0.524. The Labute approximate surface area is 156 Å². The standard InChI is InChI=1S/C17H13BrN4O2S/c1-25-17-20-16(24)14-12-8-10(18)5-6-13(12)19-15(22(14)21-17)9-3-2-4-11(23)7-9/h2-8,15,23H,1H3,(H,20,21,24).